The number of aromatic nitrogens is 2. The molecule has 1 aromatic heterocycles. The summed E-state index contributed by atoms with van der Waals surface area (Å²) in [5.74, 6) is 1.19. The summed E-state index contributed by atoms with van der Waals surface area (Å²) in [5, 5.41) is 1.27. The summed E-state index contributed by atoms with van der Waals surface area (Å²) in [6.45, 7) is 6.37. The lowest BCUT2D eigenvalue weighted by atomic mass is 9.87. The highest BCUT2D eigenvalue weighted by atomic mass is 32.2. The van der Waals surface area contributed by atoms with E-state index in [9.17, 15) is 9.59 Å². The monoisotopic (exact) mass is 401 g/mol. The maximum Gasteiger partial charge on any atom is 0.262 e. The Morgan fingerprint density at radius 1 is 1.29 bits per heavy atom. The number of para-hydroxylation sites is 1. The minimum absolute atomic E-state index is 0.0236. The minimum atomic E-state index is -0.0236. The van der Waals surface area contributed by atoms with Crippen molar-refractivity contribution >= 4 is 28.6 Å². The van der Waals surface area contributed by atoms with Gasteiger partial charge in [-0.1, -0.05) is 37.7 Å². The summed E-state index contributed by atoms with van der Waals surface area (Å²) in [6.07, 6.45) is 5.38. The lowest BCUT2D eigenvalue weighted by Gasteiger charge is -2.33. The predicted molar refractivity (Wildman–Crippen MR) is 116 cm³/mol. The van der Waals surface area contributed by atoms with E-state index in [4.69, 9.17) is 4.98 Å². The van der Waals surface area contributed by atoms with Crippen LogP contribution in [0.15, 0.2) is 34.2 Å². The highest BCUT2D eigenvalue weighted by Crippen LogP contribution is 2.28. The van der Waals surface area contributed by atoms with Crippen LogP contribution in [0.5, 0.6) is 0 Å². The van der Waals surface area contributed by atoms with Crippen LogP contribution < -0.4 is 5.56 Å². The van der Waals surface area contributed by atoms with Gasteiger partial charge in [-0.15, -0.1) is 0 Å². The number of carbonyl (C=O) groups excluding carboxylic acids is 1. The van der Waals surface area contributed by atoms with Gasteiger partial charge < -0.3 is 4.90 Å². The molecule has 1 atom stereocenters. The Hall–Kier alpha value is -1.82. The fourth-order valence-corrected chi connectivity index (χ4v) is 4.88. The maximum absolute atomic E-state index is 13.0. The third kappa shape index (κ3) is 4.43. The van der Waals surface area contributed by atoms with Crippen molar-refractivity contribution in [2.45, 2.75) is 70.1 Å². The molecule has 28 heavy (non-hydrogen) atoms. The fraction of sp³-hybridized carbons (Fsp3) is 0.591. The van der Waals surface area contributed by atoms with Crippen LogP contribution in [0, 0.1) is 5.92 Å². The molecule has 6 heteroatoms. The molecule has 3 rings (SSSR count). The van der Waals surface area contributed by atoms with Gasteiger partial charge >= 0.3 is 0 Å². The Balaban J connectivity index is 1.79. The molecule has 0 unspecified atom stereocenters. The third-order valence-electron chi connectivity index (χ3n) is 6.06. The van der Waals surface area contributed by atoms with E-state index in [0.29, 0.717) is 27.9 Å². The first-order valence-electron chi connectivity index (χ1n) is 10.3. The molecule has 0 bridgehead atoms. The Labute approximate surface area is 171 Å². The van der Waals surface area contributed by atoms with Gasteiger partial charge in [0.1, 0.15) is 0 Å². The first-order valence-corrected chi connectivity index (χ1v) is 11.3. The molecular weight excluding hydrogens is 370 g/mol. The second-order valence-corrected chi connectivity index (χ2v) is 8.99. The van der Waals surface area contributed by atoms with E-state index in [0.717, 1.165) is 25.2 Å². The number of hydrogen-bond acceptors (Lipinski definition) is 4. The van der Waals surface area contributed by atoms with Crippen molar-refractivity contribution in [3.05, 3.63) is 34.6 Å². The summed E-state index contributed by atoms with van der Waals surface area (Å²) in [7, 11) is 1.92. The molecule has 0 N–H and O–H groups in total. The number of fused-ring (bicyclic) bond motifs is 1. The van der Waals surface area contributed by atoms with Gasteiger partial charge in [0.2, 0.25) is 5.91 Å². The van der Waals surface area contributed by atoms with Crippen LogP contribution in [0.2, 0.25) is 0 Å². The van der Waals surface area contributed by atoms with Crippen LogP contribution in [0.4, 0.5) is 0 Å². The summed E-state index contributed by atoms with van der Waals surface area (Å²) < 4.78 is 1.75. The molecule has 1 heterocycles. The lowest BCUT2D eigenvalue weighted by Crippen LogP contribution is -2.40. The van der Waals surface area contributed by atoms with E-state index in [1.807, 2.05) is 43.1 Å². The Bertz CT molecular complexity index is 887. The van der Waals surface area contributed by atoms with E-state index in [2.05, 4.69) is 13.8 Å². The van der Waals surface area contributed by atoms with Gasteiger partial charge in [0, 0.05) is 19.1 Å². The molecule has 0 aliphatic heterocycles. The van der Waals surface area contributed by atoms with Crippen molar-refractivity contribution in [3.8, 4) is 0 Å². The fourth-order valence-electron chi connectivity index (χ4n) is 3.86. The molecular formula is C22H31N3O2S. The zero-order valence-electron chi connectivity index (χ0n) is 17.4. The molecule has 1 fully saturated rings. The van der Waals surface area contributed by atoms with E-state index >= 15 is 0 Å². The molecule has 0 radical (unpaired) electrons. The van der Waals surface area contributed by atoms with Crippen LogP contribution in [-0.4, -0.2) is 39.2 Å². The number of nitrogens with zero attached hydrogens (tertiary/aromatic N) is 3. The second-order valence-electron chi connectivity index (χ2n) is 8.05. The topological polar surface area (TPSA) is 55.2 Å². The quantitative estimate of drug-likeness (QED) is 0.528. The SMILES string of the molecule is CC[C@H](C)n1c(SCC(=O)N(C)C2CCC(C)CC2)nc2ccccc2c1=O. The summed E-state index contributed by atoms with van der Waals surface area (Å²) in [6, 6.07) is 7.81. The number of thioether (sulfide) groups is 1. The molecule has 1 saturated carbocycles. The normalized spacial score (nSPS) is 20.9. The van der Waals surface area contributed by atoms with Crippen LogP contribution in [-0.2, 0) is 4.79 Å². The maximum atomic E-state index is 13.0. The highest BCUT2D eigenvalue weighted by Gasteiger charge is 2.25. The van der Waals surface area contributed by atoms with Crippen molar-refractivity contribution in [3.63, 3.8) is 0 Å². The van der Waals surface area contributed by atoms with Crippen molar-refractivity contribution in [2.75, 3.05) is 12.8 Å². The number of carbonyl (C=O) groups is 1. The minimum Gasteiger partial charge on any atom is -0.342 e. The first-order chi connectivity index (χ1) is 13.4. The third-order valence-corrected chi connectivity index (χ3v) is 7.00. The van der Waals surface area contributed by atoms with Gasteiger partial charge in [0.25, 0.3) is 5.56 Å². The van der Waals surface area contributed by atoms with Gasteiger partial charge in [-0.3, -0.25) is 14.2 Å². The molecule has 152 valence electrons. The first kappa shape index (κ1) is 20.9. The lowest BCUT2D eigenvalue weighted by molar-refractivity contribution is -0.129. The van der Waals surface area contributed by atoms with Crippen molar-refractivity contribution in [1.82, 2.24) is 14.5 Å². The summed E-state index contributed by atoms with van der Waals surface area (Å²) in [5.41, 5.74) is 0.668. The zero-order chi connectivity index (χ0) is 20.3. The highest BCUT2D eigenvalue weighted by molar-refractivity contribution is 7.99. The molecule has 5 nitrogen and oxygen atoms in total. The summed E-state index contributed by atoms with van der Waals surface area (Å²) >= 11 is 1.38. The van der Waals surface area contributed by atoms with Crippen LogP contribution >= 0.6 is 11.8 Å². The molecule has 1 amide bonds. The molecule has 1 aromatic carbocycles. The standard InChI is InChI=1S/C22H31N3O2S/c1-5-16(3)25-21(27)18-8-6-7-9-19(18)23-22(25)28-14-20(26)24(4)17-12-10-15(2)11-13-17/h6-9,15-17H,5,10-14H2,1-4H3/t15?,16-,17?/m0/s1. The summed E-state index contributed by atoms with van der Waals surface area (Å²) in [4.78, 5) is 32.4. The second kappa shape index (κ2) is 9.12. The van der Waals surface area contributed by atoms with Crippen molar-refractivity contribution in [1.29, 1.82) is 0 Å². The van der Waals surface area contributed by atoms with Crippen molar-refractivity contribution < 1.29 is 4.79 Å². The van der Waals surface area contributed by atoms with Crippen LogP contribution in [0.1, 0.15) is 58.9 Å². The number of rotatable bonds is 6. The zero-order valence-corrected chi connectivity index (χ0v) is 18.2. The number of benzene rings is 1. The van der Waals surface area contributed by atoms with E-state index < -0.39 is 0 Å². The largest absolute Gasteiger partial charge is 0.342 e. The Morgan fingerprint density at radius 2 is 1.96 bits per heavy atom. The number of amides is 1. The predicted octanol–water partition coefficient (Wildman–Crippen LogP) is 4.50. The average Bonchev–Trinajstić information content (AvgIpc) is 2.71. The van der Waals surface area contributed by atoms with Gasteiger partial charge in [0.05, 0.1) is 16.7 Å². The average molecular weight is 402 g/mol. The number of hydrogen-bond donors (Lipinski definition) is 0. The smallest absolute Gasteiger partial charge is 0.262 e. The van der Waals surface area contributed by atoms with Gasteiger partial charge in [-0.2, -0.15) is 0 Å². The Morgan fingerprint density at radius 3 is 2.64 bits per heavy atom. The Kier molecular flexibility index (Phi) is 6.81. The van der Waals surface area contributed by atoms with Crippen molar-refractivity contribution in [2.24, 2.45) is 5.92 Å². The van der Waals surface area contributed by atoms with E-state index in [1.165, 1.54) is 24.6 Å². The van der Waals surface area contributed by atoms with Crippen LogP contribution in [0.3, 0.4) is 0 Å². The van der Waals surface area contributed by atoms with Gasteiger partial charge in [-0.25, -0.2) is 4.98 Å². The van der Waals surface area contributed by atoms with E-state index in [-0.39, 0.29) is 17.5 Å². The van der Waals surface area contributed by atoms with E-state index in [1.54, 1.807) is 4.57 Å². The van der Waals surface area contributed by atoms with Crippen LogP contribution in [0.25, 0.3) is 10.9 Å². The molecule has 2 aromatic rings. The molecule has 1 aliphatic rings. The van der Waals surface area contributed by atoms with Gasteiger partial charge in [0.15, 0.2) is 5.16 Å². The molecule has 0 saturated heterocycles. The molecule has 0 spiro atoms. The van der Waals surface area contributed by atoms with Gasteiger partial charge in [-0.05, 0) is 57.1 Å². The molecule has 1 aliphatic carbocycles.